The fourth-order valence-electron chi connectivity index (χ4n) is 2.57. The van der Waals surface area contributed by atoms with Crippen LogP contribution >= 0.6 is 0 Å². The van der Waals surface area contributed by atoms with Crippen LogP contribution in [0.5, 0.6) is 0 Å². The van der Waals surface area contributed by atoms with Gasteiger partial charge in [-0.2, -0.15) is 0 Å². The van der Waals surface area contributed by atoms with Crippen LogP contribution < -0.4 is 5.32 Å². The summed E-state index contributed by atoms with van der Waals surface area (Å²) < 4.78 is 33.0. The third-order valence-electron chi connectivity index (χ3n) is 3.48. The van der Waals surface area contributed by atoms with Gasteiger partial charge in [0.2, 0.25) is 0 Å². The van der Waals surface area contributed by atoms with Crippen LogP contribution in [0.25, 0.3) is 0 Å². The van der Waals surface area contributed by atoms with Crippen LogP contribution in [0, 0.1) is 17.6 Å². The van der Waals surface area contributed by atoms with E-state index in [0.29, 0.717) is 6.61 Å². The Kier molecular flexibility index (Phi) is 3.74. The summed E-state index contributed by atoms with van der Waals surface area (Å²) in [5.41, 5.74) is 0.123. The van der Waals surface area contributed by atoms with Gasteiger partial charge in [-0.3, -0.25) is 0 Å². The van der Waals surface area contributed by atoms with Crippen molar-refractivity contribution in [3.8, 4) is 0 Å². The Bertz CT molecular complexity index is 377. The summed E-state index contributed by atoms with van der Waals surface area (Å²) in [6, 6.07) is 3.63. The molecule has 17 heavy (non-hydrogen) atoms. The summed E-state index contributed by atoms with van der Waals surface area (Å²) in [5, 5.41) is 3.01. The topological polar surface area (TPSA) is 21.3 Å². The van der Waals surface area contributed by atoms with Crippen LogP contribution in [0.2, 0.25) is 0 Å². The molecule has 0 aromatic heterocycles. The van der Waals surface area contributed by atoms with Gasteiger partial charge in [0.15, 0.2) is 0 Å². The quantitative estimate of drug-likeness (QED) is 0.878. The molecule has 1 aromatic rings. The number of benzene rings is 1. The minimum Gasteiger partial charge on any atom is -0.378 e. The lowest BCUT2D eigenvalue weighted by atomic mass is 9.88. The molecule has 3 atom stereocenters. The van der Waals surface area contributed by atoms with Crippen molar-refractivity contribution >= 4 is 0 Å². The lowest BCUT2D eigenvalue weighted by Gasteiger charge is -2.26. The SMILES string of the molecule is CNC(c1c(F)cccc1F)C1CCOC1C. The summed E-state index contributed by atoms with van der Waals surface area (Å²) in [7, 11) is 1.72. The fourth-order valence-corrected chi connectivity index (χ4v) is 2.57. The van der Waals surface area contributed by atoms with Gasteiger partial charge in [-0.15, -0.1) is 0 Å². The number of rotatable bonds is 3. The Labute approximate surface area is 100.0 Å². The minimum atomic E-state index is -0.497. The zero-order valence-corrected chi connectivity index (χ0v) is 10.0. The fraction of sp³-hybridized carbons (Fsp3) is 0.538. The largest absolute Gasteiger partial charge is 0.378 e. The lowest BCUT2D eigenvalue weighted by Crippen LogP contribution is -2.31. The highest BCUT2D eigenvalue weighted by atomic mass is 19.1. The van der Waals surface area contributed by atoms with E-state index in [4.69, 9.17) is 4.74 Å². The van der Waals surface area contributed by atoms with E-state index in [2.05, 4.69) is 5.32 Å². The molecule has 0 spiro atoms. The Hall–Kier alpha value is -1.00. The predicted molar refractivity (Wildman–Crippen MR) is 61.7 cm³/mol. The van der Waals surface area contributed by atoms with E-state index in [0.717, 1.165) is 6.42 Å². The molecule has 1 heterocycles. The van der Waals surface area contributed by atoms with E-state index in [1.807, 2.05) is 6.92 Å². The van der Waals surface area contributed by atoms with E-state index in [1.54, 1.807) is 7.05 Å². The Morgan fingerprint density at radius 3 is 2.47 bits per heavy atom. The molecule has 0 radical (unpaired) electrons. The van der Waals surface area contributed by atoms with Gasteiger partial charge in [0.1, 0.15) is 11.6 Å². The third-order valence-corrected chi connectivity index (χ3v) is 3.48. The van der Waals surface area contributed by atoms with Gasteiger partial charge in [-0.05, 0) is 32.5 Å². The van der Waals surface area contributed by atoms with E-state index in [-0.39, 0.29) is 23.6 Å². The molecule has 4 heteroatoms. The van der Waals surface area contributed by atoms with Crippen molar-refractivity contribution in [1.82, 2.24) is 5.32 Å². The Morgan fingerprint density at radius 2 is 2.00 bits per heavy atom. The van der Waals surface area contributed by atoms with Crippen molar-refractivity contribution < 1.29 is 13.5 Å². The smallest absolute Gasteiger partial charge is 0.130 e. The molecule has 0 bridgehead atoms. The van der Waals surface area contributed by atoms with E-state index in [1.165, 1.54) is 18.2 Å². The van der Waals surface area contributed by atoms with Crippen LogP contribution in [0.3, 0.4) is 0 Å². The molecule has 1 fully saturated rings. The summed E-state index contributed by atoms with van der Waals surface area (Å²) in [5.74, 6) is -0.890. The third kappa shape index (κ3) is 2.33. The standard InChI is InChI=1S/C13H17F2NO/c1-8-9(6-7-17-8)13(16-2)12-10(14)4-3-5-11(12)15/h3-5,8-9,13,16H,6-7H2,1-2H3. The summed E-state index contributed by atoms with van der Waals surface area (Å²) >= 11 is 0. The van der Waals surface area contributed by atoms with E-state index < -0.39 is 11.6 Å². The Morgan fingerprint density at radius 1 is 1.35 bits per heavy atom. The first-order valence-corrected chi connectivity index (χ1v) is 5.88. The van der Waals surface area contributed by atoms with Crippen LogP contribution in [0.15, 0.2) is 18.2 Å². The molecule has 1 aliphatic heterocycles. The average molecular weight is 241 g/mol. The first-order valence-electron chi connectivity index (χ1n) is 5.88. The maximum absolute atomic E-state index is 13.7. The van der Waals surface area contributed by atoms with Crippen LogP contribution in [0.4, 0.5) is 8.78 Å². The van der Waals surface area contributed by atoms with Gasteiger partial charge in [0.25, 0.3) is 0 Å². The molecule has 0 aliphatic carbocycles. The number of nitrogens with one attached hydrogen (secondary N) is 1. The maximum Gasteiger partial charge on any atom is 0.130 e. The second kappa shape index (κ2) is 5.10. The summed E-state index contributed by atoms with van der Waals surface area (Å²) in [6.07, 6.45) is 0.840. The van der Waals surface area contributed by atoms with E-state index >= 15 is 0 Å². The second-order valence-corrected chi connectivity index (χ2v) is 4.43. The van der Waals surface area contributed by atoms with Gasteiger partial charge in [0.05, 0.1) is 6.10 Å². The zero-order chi connectivity index (χ0) is 12.4. The highest BCUT2D eigenvalue weighted by molar-refractivity contribution is 5.24. The van der Waals surface area contributed by atoms with Crippen molar-refractivity contribution in [2.75, 3.05) is 13.7 Å². The molecule has 2 rings (SSSR count). The second-order valence-electron chi connectivity index (χ2n) is 4.43. The molecule has 0 amide bonds. The number of hydrogen-bond acceptors (Lipinski definition) is 2. The maximum atomic E-state index is 13.7. The van der Waals surface area contributed by atoms with Gasteiger partial charge in [-0.25, -0.2) is 8.78 Å². The van der Waals surface area contributed by atoms with Gasteiger partial charge in [0, 0.05) is 24.1 Å². The molecular weight excluding hydrogens is 224 g/mol. The lowest BCUT2D eigenvalue weighted by molar-refractivity contribution is 0.0954. The van der Waals surface area contributed by atoms with Crippen LogP contribution in [-0.2, 0) is 4.74 Å². The predicted octanol–water partition coefficient (Wildman–Crippen LogP) is 2.65. The number of halogens is 2. The monoisotopic (exact) mass is 241 g/mol. The van der Waals surface area contributed by atoms with Gasteiger partial charge < -0.3 is 10.1 Å². The zero-order valence-electron chi connectivity index (χ0n) is 10.0. The molecule has 0 saturated carbocycles. The first kappa shape index (κ1) is 12.5. The van der Waals surface area contributed by atoms with Crippen LogP contribution in [-0.4, -0.2) is 19.8 Å². The summed E-state index contributed by atoms with van der Waals surface area (Å²) in [4.78, 5) is 0. The Balaban J connectivity index is 2.35. The van der Waals surface area contributed by atoms with Gasteiger partial charge >= 0.3 is 0 Å². The highest BCUT2D eigenvalue weighted by Gasteiger charge is 2.34. The minimum absolute atomic E-state index is 0.0199. The molecule has 1 aliphatic rings. The average Bonchev–Trinajstić information content (AvgIpc) is 2.70. The number of ether oxygens (including phenoxy) is 1. The molecule has 94 valence electrons. The highest BCUT2D eigenvalue weighted by Crippen LogP contribution is 2.35. The van der Waals surface area contributed by atoms with E-state index in [9.17, 15) is 8.78 Å². The van der Waals surface area contributed by atoms with Crippen molar-refractivity contribution in [2.45, 2.75) is 25.5 Å². The molecule has 1 N–H and O–H groups in total. The normalized spacial score (nSPS) is 26.1. The molecule has 1 saturated heterocycles. The van der Waals surface area contributed by atoms with Crippen molar-refractivity contribution in [2.24, 2.45) is 5.92 Å². The molecular formula is C13H17F2NO. The van der Waals surface area contributed by atoms with Crippen molar-refractivity contribution in [3.63, 3.8) is 0 Å². The molecule has 2 nitrogen and oxygen atoms in total. The van der Waals surface area contributed by atoms with Gasteiger partial charge in [-0.1, -0.05) is 6.07 Å². The summed E-state index contributed by atoms with van der Waals surface area (Å²) in [6.45, 7) is 2.60. The molecule has 1 aromatic carbocycles. The number of hydrogen-bond donors (Lipinski definition) is 1. The van der Waals surface area contributed by atoms with Crippen molar-refractivity contribution in [3.05, 3.63) is 35.4 Å². The first-order chi connectivity index (χ1) is 8.15. The molecule has 3 unspecified atom stereocenters. The van der Waals surface area contributed by atoms with Crippen molar-refractivity contribution in [1.29, 1.82) is 0 Å². The van der Waals surface area contributed by atoms with Crippen LogP contribution in [0.1, 0.15) is 24.9 Å².